The minimum absolute atomic E-state index is 0.126. The maximum absolute atomic E-state index is 13.9. The SMILES string of the molecule is CNC(c1cscc1C)c1ccc(Cl)cc1F. The topological polar surface area (TPSA) is 12.0 Å². The molecule has 0 saturated carbocycles. The number of hydrogen-bond acceptors (Lipinski definition) is 2. The van der Waals surface area contributed by atoms with Crippen LogP contribution in [0.1, 0.15) is 22.7 Å². The zero-order chi connectivity index (χ0) is 12.4. The van der Waals surface area contributed by atoms with Gasteiger partial charge in [0.25, 0.3) is 0 Å². The van der Waals surface area contributed by atoms with Crippen molar-refractivity contribution in [3.8, 4) is 0 Å². The van der Waals surface area contributed by atoms with Crippen LogP contribution >= 0.6 is 22.9 Å². The Kier molecular flexibility index (Phi) is 3.82. The van der Waals surface area contributed by atoms with Gasteiger partial charge in [-0.3, -0.25) is 0 Å². The van der Waals surface area contributed by atoms with E-state index < -0.39 is 0 Å². The van der Waals surface area contributed by atoms with E-state index in [9.17, 15) is 4.39 Å². The molecule has 90 valence electrons. The highest BCUT2D eigenvalue weighted by molar-refractivity contribution is 7.08. The van der Waals surface area contributed by atoms with E-state index in [-0.39, 0.29) is 11.9 Å². The highest BCUT2D eigenvalue weighted by Gasteiger charge is 2.18. The molecule has 0 saturated heterocycles. The van der Waals surface area contributed by atoms with Crippen molar-refractivity contribution in [2.75, 3.05) is 7.05 Å². The summed E-state index contributed by atoms with van der Waals surface area (Å²) in [5, 5.41) is 7.67. The van der Waals surface area contributed by atoms with Gasteiger partial charge in [0.2, 0.25) is 0 Å². The first-order chi connectivity index (χ1) is 8.13. The molecule has 1 N–H and O–H groups in total. The van der Waals surface area contributed by atoms with Crippen LogP contribution < -0.4 is 5.32 Å². The molecule has 0 aliphatic carbocycles. The van der Waals surface area contributed by atoms with Gasteiger partial charge < -0.3 is 5.32 Å². The van der Waals surface area contributed by atoms with Gasteiger partial charge in [0.15, 0.2) is 0 Å². The van der Waals surface area contributed by atoms with E-state index in [0.29, 0.717) is 10.6 Å². The Morgan fingerprint density at radius 2 is 2.06 bits per heavy atom. The van der Waals surface area contributed by atoms with Gasteiger partial charge in [-0.25, -0.2) is 4.39 Å². The van der Waals surface area contributed by atoms with Gasteiger partial charge in [0.1, 0.15) is 5.82 Å². The van der Waals surface area contributed by atoms with Crippen molar-refractivity contribution in [2.45, 2.75) is 13.0 Å². The van der Waals surface area contributed by atoms with Crippen molar-refractivity contribution in [1.82, 2.24) is 5.32 Å². The van der Waals surface area contributed by atoms with E-state index >= 15 is 0 Å². The number of thiophene rings is 1. The van der Waals surface area contributed by atoms with Gasteiger partial charge in [0.05, 0.1) is 6.04 Å². The highest BCUT2D eigenvalue weighted by atomic mass is 35.5. The van der Waals surface area contributed by atoms with Crippen molar-refractivity contribution in [2.24, 2.45) is 0 Å². The van der Waals surface area contributed by atoms with Crippen molar-refractivity contribution >= 4 is 22.9 Å². The van der Waals surface area contributed by atoms with Crippen LogP contribution in [0, 0.1) is 12.7 Å². The Morgan fingerprint density at radius 3 is 2.59 bits per heavy atom. The smallest absolute Gasteiger partial charge is 0.129 e. The molecular weight excluding hydrogens is 257 g/mol. The maximum Gasteiger partial charge on any atom is 0.129 e. The number of benzene rings is 1. The third kappa shape index (κ3) is 2.51. The predicted molar refractivity (Wildman–Crippen MR) is 71.4 cm³/mol. The lowest BCUT2D eigenvalue weighted by Gasteiger charge is -2.17. The van der Waals surface area contributed by atoms with Gasteiger partial charge in [-0.05, 0) is 48.0 Å². The zero-order valence-electron chi connectivity index (χ0n) is 9.63. The van der Waals surface area contributed by atoms with Crippen LogP contribution in [-0.2, 0) is 0 Å². The largest absolute Gasteiger partial charge is 0.309 e. The average molecular weight is 270 g/mol. The van der Waals surface area contributed by atoms with E-state index in [0.717, 1.165) is 5.56 Å². The minimum Gasteiger partial charge on any atom is -0.309 e. The summed E-state index contributed by atoms with van der Waals surface area (Å²) in [7, 11) is 1.83. The molecule has 1 aromatic heterocycles. The van der Waals surface area contributed by atoms with Crippen LogP contribution in [0.2, 0.25) is 5.02 Å². The standard InChI is InChI=1S/C13H13ClFNS/c1-8-6-17-7-11(8)13(16-2)10-4-3-9(14)5-12(10)15/h3-7,13,16H,1-2H3. The second-order valence-corrected chi connectivity index (χ2v) is 5.08. The van der Waals surface area contributed by atoms with E-state index in [2.05, 4.69) is 10.7 Å². The Hall–Kier alpha value is -0.900. The molecule has 1 heterocycles. The monoisotopic (exact) mass is 269 g/mol. The molecule has 1 aromatic carbocycles. The summed E-state index contributed by atoms with van der Waals surface area (Å²) < 4.78 is 13.9. The molecule has 2 rings (SSSR count). The number of aryl methyl sites for hydroxylation is 1. The lowest BCUT2D eigenvalue weighted by molar-refractivity contribution is 0.576. The summed E-state index contributed by atoms with van der Waals surface area (Å²) in [4.78, 5) is 0. The third-order valence-corrected chi connectivity index (χ3v) is 3.88. The lowest BCUT2D eigenvalue weighted by Crippen LogP contribution is -2.19. The normalized spacial score (nSPS) is 12.7. The lowest BCUT2D eigenvalue weighted by atomic mass is 9.98. The molecule has 0 aliphatic rings. The second kappa shape index (κ2) is 5.17. The van der Waals surface area contributed by atoms with Crippen molar-refractivity contribution in [3.05, 3.63) is 56.5 Å². The van der Waals surface area contributed by atoms with Crippen LogP contribution in [0.4, 0.5) is 4.39 Å². The molecule has 0 fully saturated rings. The minimum atomic E-state index is -0.276. The Morgan fingerprint density at radius 1 is 1.29 bits per heavy atom. The molecule has 0 aliphatic heterocycles. The fourth-order valence-electron chi connectivity index (χ4n) is 1.88. The summed E-state index contributed by atoms with van der Waals surface area (Å²) in [6.45, 7) is 2.03. The van der Waals surface area contributed by atoms with Gasteiger partial charge >= 0.3 is 0 Å². The molecule has 0 bridgehead atoms. The van der Waals surface area contributed by atoms with Gasteiger partial charge in [-0.2, -0.15) is 11.3 Å². The van der Waals surface area contributed by atoms with Gasteiger partial charge in [-0.15, -0.1) is 0 Å². The Balaban J connectivity index is 2.46. The number of halogens is 2. The van der Waals surface area contributed by atoms with Gasteiger partial charge in [0, 0.05) is 10.6 Å². The first kappa shape index (κ1) is 12.6. The summed E-state index contributed by atoms with van der Waals surface area (Å²) in [5.41, 5.74) is 2.90. The van der Waals surface area contributed by atoms with Gasteiger partial charge in [-0.1, -0.05) is 17.7 Å². The third-order valence-electron chi connectivity index (χ3n) is 2.77. The van der Waals surface area contributed by atoms with Crippen LogP contribution in [0.3, 0.4) is 0 Å². The molecule has 0 spiro atoms. The maximum atomic E-state index is 13.9. The number of rotatable bonds is 3. The molecule has 2 aromatic rings. The Labute approximate surface area is 109 Å². The van der Waals surface area contributed by atoms with Crippen LogP contribution in [0.5, 0.6) is 0 Å². The predicted octanol–water partition coefficient (Wildman–Crippen LogP) is 4.16. The first-order valence-corrected chi connectivity index (χ1v) is 6.60. The van der Waals surface area contributed by atoms with E-state index in [1.54, 1.807) is 23.5 Å². The molecular formula is C13H13ClFNS. The molecule has 1 atom stereocenters. The Bertz CT molecular complexity index is 524. The van der Waals surface area contributed by atoms with Crippen LogP contribution in [0.25, 0.3) is 0 Å². The summed E-state index contributed by atoms with van der Waals surface area (Å²) in [5.74, 6) is -0.276. The molecule has 0 radical (unpaired) electrons. The number of nitrogens with one attached hydrogen (secondary N) is 1. The molecule has 1 unspecified atom stereocenters. The van der Waals surface area contributed by atoms with Crippen LogP contribution in [0.15, 0.2) is 29.0 Å². The van der Waals surface area contributed by atoms with E-state index in [1.807, 2.05) is 19.4 Å². The van der Waals surface area contributed by atoms with Crippen molar-refractivity contribution < 1.29 is 4.39 Å². The highest BCUT2D eigenvalue weighted by Crippen LogP contribution is 2.29. The molecule has 0 amide bonds. The molecule has 17 heavy (non-hydrogen) atoms. The second-order valence-electron chi connectivity index (χ2n) is 3.90. The summed E-state index contributed by atoms with van der Waals surface area (Å²) in [6.07, 6.45) is 0. The van der Waals surface area contributed by atoms with E-state index in [4.69, 9.17) is 11.6 Å². The van der Waals surface area contributed by atoms with Crippen LogP contribution in [-0.4, -0.2) is 7.05 Å². The quantitative estimate of drug-likeness (QED) is 0.882. The molecule has 1 nitrogen and oxygen atoms in total. The zero-order valence-corrected chi connectivity index (χ0v) is 11.2. The molecule has 4 heteroatoms. The fraction of sp³-hybridized carbons (Fsp3) is 0.231. The number of hydrogen-bond donors (Lipinski definition) is 1. The fourth-order valence-corrected chi connectivity index (χ4v) is 2.92. The summed E-state index contributed by atoms with van der Waals surface area (Å²) in [6, 6.07) is 4.67. The average Bonchev–Trinajstić information content (AvgIpc) is 2.69. The summed E-state index contributed by atoms with van der Waals surface area (Å²) >= 11 is 7.39. The van der Waals surface area contributed by atoms with Crippen molar-refractivity contribution in [1.29, 1.82) is 0 Å². The van der Waals surface area contributed by atoms with Crippen molar-refractivity contribution in [3.63, 3.8) is 0 Å². The van der Waals surface area contributed by atoms with E-state index in [1.165, 1.54) is 11.6 Å². The first-order valence-electron chi connectivity index (χ1n) is 5.28.